The molecule has 0 aliphatic heterocycles. The van der Waals surface area contributed by atoms with E-state index in [9.17, 15) is 9.90 Å². The number of benzene rings is 2. The van der Waals surface area contributed by atoms with E-state index < -0.39 is 5.91 Å². The van der Waals surface area contributed by atoms with Gasteiger partial charge in [0.05, 0.1) is 11.8 Å². The summed E-state index contributed by atoms with van der Waals surface area (Å²) in [6, 6.07) is 14.2. The summed E-state index contributed by atoms with van der Waals surface area (Å²) in [6.45, 7) is 3.88. The topological polar surface area (TPSA) is 97.7 Å². The largest absolute Gasteiger partial charge is 0.507 e. The number of hydrazone groups is 1. The number of nitrogens with one attached hydrogen (secondary N) is 2. The summed E-state index contributed by atoms with van der Waals surface area (Å²) in [4.78, 5) is 15.2. The SMILES string of the molecule is CCO.Cc1[nH]c2ccccc2c1/C=N/NC(=O)c1ccccc1O. The van der Waals surface area contributed by atoms with E-state index in [0.717, 1.165) is 22.2 Å². The van der Waals surface area contributed by atoms with Crippen molar-refractivity contribution in [1.82, 2.24) is 10.4 Å². The van der Waals surface area contributed by atoms with E-state index in [2.05, 4.69) is 15.5 Å². The summed E-state index contributed by atoms with van der Waals surface area (Å²) in [7, 11) is 0. The van der Waals surface area contributed by atoms with Gasteiger partial charge in [0, 0.05) is 28.8 Å². The number of amides is 1. The first-order valence-electron chi connectivity index (χ1n) is 7.88. The highest BCUT2D eigenvalue weighted by molar-refractivity contribution is 6.02. The van der Waals surface area contributed by atoms with Crippen molar-refractivity contribution in [3.05, 3.63) is 65.4 Å². The van der Waals surface area contributed by atoms with E-state index in [0.29, 0.717) is 0 Å². The molecule has 1 amide bonds. The minimum absolute atomic E-state index is 0.0709. The smallest absolute Gasteiger partial charge is 0.275 e. The number of aliphatic hydroxyl groups is 1. The third-order valence-corrected chi connectivity index (χ3v) is 3.45. The zero-order valence-electron chi connectivity index (χ0n) is 14.2. The van der Waals surface area contributed by atoms with Crippen molar-refractivity contribution in [1.29, 1.82) is 0 Å². The standard InChI is InChI=1S/C17H15N3O2.C2H6O/c1-11-14(12-6-2-4-8-15(12)19-11)10-18-20-17(22)13-7-3-5-9-16(13)21;1-2-3/h2-10,19,21H,1H3,(H,20,22);3H,2H2,1H3/b18-10+;. The summed E-state index contributed by atoms with van der Waals surface area (Å²) >= 11 is 0. The maximum atomic E-state index is 11.9. The fraction of sp³-hybridized carbons (Fsp3) is 0.158. The molecule has 25 heavy (non-hydrogen) atoms. The van der Waals surface area contributed by atoms with Crippen molar-refractivity contribution >= 4 is 23.0 Å². The van der Waals surface area contributed by atoms with Crippen LogP contribution in [0, 0.1) is 6.92 Å². The maximum absolute atomic E-state index is 11.9. The van der Waals surface area contributed by atoms with Gasteiger partial charge in [0.15, 0.2) is 0 Å². The number of aromatic amines is 1. The molecular weight excluding hydrogens is 318 g/mol. The second-order valence-electron chi connectivity index (χ2n) is 5.24. The van der Waals surface area contributed by atoms with E-state index in [1.807, 2.05) is 31.2 Å². The van der Waals surface area contributed by atoms with Crippen LogP contribution >= 0.6 is 0 Å². The van der Waals surface area contributed by atoms with Crippen LogP contribution in [0.1, 0.15) is 28.5 Å². The lowest BCUT2D eigenvalue weighted by molar-refractivity contribution is 0.0952. The average Bonchev–Trinajstić information content (AvgIpc) is 2.91. The van der Waals surface area contributed by atoms with E-state index >= 15 is 0 Å². The lowest BCUT2D eigenvalue weighted by Crippen LogP contribution is -2.17. The Morgan fingerprint density at radius 2 is 1.84 bits per heavy atom. The molecule has 3 rings (SSSR count). The van der Waals surface area contributed by atoms with Gasteiger partial charge in [-0.3, -0.25) is 4.79 Å². The van der Waals surface area contributed by atoms with E-state index in [4.69, 9.17) is 5.11 Å². The number of hydrogen-bond donors (Lipinski definition) is 4. The van der Waals surface area contributed by atoms with Gasteiger partial charge in [-0.1, -0.05) is 30.3 Å². The first-order valence-corrected chi connectivity index (χ1v) is 7.88. The molecular formula is C19H21N3O3. The van der Waals surface area contributed by atoms with Gasteiger partial charge in [-0.2, -0.15) is 5.10 Å². The number of phenols is 1. The molecule has 2 aromatic carbocycles. The zero-order chi connectivity index (χ0) is 18.2. The van der Waals surface area contributed by atoms with Crippen LogP contribution in [0.2, 0.25) is 0 Å². The van der Waals surface area contributed by atoms with Gasteiger partial charge in [0.2, 0.25) is 0 Å². The van der Waals surface area contributed by atoms with Crippen LogP contribution in [0.4, 0.5) is 0 Å². The molecule has 6 nitrogen and oxygen atoms in total. The van der Waals surface area contributed by atoms with Crippen molar-refractivity contribution in [2.24, 2.45) is 5.10 Å². The quantitative estimate of drug-likeness (QED) is 0.436. The second kappa shape index (κ2) is 8.65. The molecule has 0 saturated carbocycles. The first kappa shape index (κ1) is 18.2. The van der Waals surface area contributed by atoms with E-state index in [1.54, 1.807) is 25.3 Å². The third-order valence-electron chi connectivity index (χ3n) is 3.45. The number of rotatable bonds is 3. The summed E-state index contributed by atoms with van der Waals surface area (Å²) in [5, 5.41) is 22.2. The lowest BCUT2D eigenvalue weighted by Gasteiger charge is -2.01. The van der Waals surface area contributed by atoms with Crippen molar-refractivity contribution in [2.45, 2.75) is 13.8 Å². The number of phenolic OH excluding ortho intramolecular Hbond substituents is 1. The van der Waals surface area contributed by atoms with Gasteiger partial charge >= 0.3 is 0 Å². The molecule has 0 aliphatic carbocycles. The number of aryl methyl sites for hydroxylation is 1. The number of H-pyrrole nitrogens is 1. The molecule has 1 aromatic heterocycles. The van der Waals surface area contributed by atoms with Crippen molar-refractivity contribution < 1.29 is 15.0 Å². The van der Waals surface area contributed by atoms with Crippen LogP contribution in [0.3, 0.4) is 0 Å². The van der Waals surface area contributed by atoms with E-state index in [-0.39, 0.29) is 17.9 Å². The maximum Gasteiger partial charge on any atom is 0.275 e. The number of aliphatic hydroxyl groups excluding tert-OH is 1. The number of carbonyl (C=O) groups excluding carboxylic acids is 1. The van der Waals surface area contributed by atoms with Crippen molar-refractivity contribution in [3.63, 3.8) is 0 Å². The van der Waals surface area contributed by atoms with Gasteiger partial charge < -0.3 is 15.2 Å². The van der Waals surface area contributed by atoms with Crippen LogP contribution in [-0.4, -0.2) is 33.9 Å². The van der Waals surface area contributed by atoms with Crippen molar-refractivity contribution in [3.8, 4) is 5.75 Å². The van der Waals surface area contributed by atoms with Gasteiger partial charge in [-0.25, -0.2) is 5.43 Å². The molecule has 0 bridgehead atoms. The Balaban J connectivity index is 0.000000701. The number of aromatic nitrogens is 1. The molecule has 3 aromatic rings. The predicted molar refractivity (Wildman–Crippen MR) is 99.0 cm³/mol. The van der Waals surface area contributed by atoms with Crippen LogP contribution in [0.25, 0.3) is 10.9 Å². The predicted octanol–water partition coefficient (Wildman–Crippen LogP) is 2.94. The van der Waals surface area contributed by atoms with Crippen molar-refractivity contribution in [2.75, 3.05) is 6.61 Å². The molecule has 0 fully saturated rings. The monoisotopic (exact) mass is 339 g/mol. The average molecular weight is 339 g/mol. The lowest BCUT2D eigenvalue weighted by atomic mass is 10.1. The number of nitrogens with zero attached hydrogens (tertiary/aromatic N) is 1. The Labute approximate surface area is 145 Å². The molecule has 0 saturated heterocycles. The summed E-state index contributed by atoms with van der Waals surface area (Å²) in [6.07, 6.45) is 1.60. The Kier molecular flexibility index (Phi) is 6.31. The summed E-state index contributed by atoms with van der Waals surface area (Å²) in [5.74, 6) is -0.523. The molecule has 0 spiro atoms. The molecule has 6 heteroatoms. The Morgan fingerprint density at radius 3 is 2.56 bits per heavy atom. The Bertz CT molecular complexity index is 885. The van der Waals surface area contributed by atoms with Gasteiger partial charge in [-0.15, -0.1) is 0 Å². The summed E-state index contributed by atoms with van der Waals surface area (Å²) in [5.41, 5.74) is 5.54. The third kappa shape index (κ3) is 4.45. The molecule has 0 atom stereocenters. The van der Waals surface area contributed by atoms with Crippen LogP contribution < -0.4 is 5.43 Å². The summed E-state index contributed by atoms with van der Waals surface area (Å²) < 4.78 is 0. The second-order valence-corrected chi connectivity index (χ2v) is 5.24. The first-order chi connectivity index (χ1) is 12.1. The highest BCUT2D eigenvalue weighted by Crippen LogP contribution is 2.20. The number of hydrogen-bond acceptors (Lipinski definition) is 4. The van der Waals surface area contributed by atoms with Gasteiger partial charge in [-0.05, 0) is 32.0 Å². The Hall–Kier alpha value is -3.12. The number of aromatic hydroxyl groups is 1. The highest BCUT2D eigenvalue weighted by atomic mass is 16.3. The fourth-order valence-electron chi connectivity index (χ4n) is 2.35. The molecule has 0 unspecified atom stereocenters. The van der Waals surface area contributed by atoms with Crippen LogP contribution in [0.15, 0.2) is 53.6 Å². The van der Waals surface area contributed by atoms with E-state index in [1.165, 1.54) is 12.1 Å². The number of carbonyl (C=O) groups is 1. The number of fused-ring (bicyclic) bond motifs is 1. The van der Waals surface area contributed by atoms with Crippen LogP contribution in [-0.2, 0) is 0 Å². The normalized spacial score (nSPS) is 10.5. The van der Waals surface area contributed by atoms with Gasteiger partial charge in [0.25, 0.3) is 5.91 Å². The van der Waals surface area contributed by atoms with Crippen LogP contribution in [0.5, 0.6) is 5.75 Å². The Morgan fingerprint density at radius 1 is 1.20 bits per heavy atom. The minimum atomic E-state index is -0.452. The molecule has 130 valence electrons. The van der Waals surface area contributed by atoms with Gasteiger partial charge in [0.1, 0.15) is 5.75 Å². The number of para-hydroxylation sites is 2. The highest BCUT2D eigenvalue weighted by Gasteiger charge is 2.09. The molecule has 1 heterocycles. The minimum Gasteiger partial charge on any atom is -0.507 e. The molecule has 0 aliphatic rings. The molecule has 4 N–H and O–H groups in total. The zero-order valence-corrected chi connectivity index (χ0v) is 14.2. The molecule has 0 radical (unpaired) electrons. The fourth-order valence-corrected chi connectivity index (χ4v) is 2.35.